The second kappa shape index (κ2) is 7.46. The summed E-state index contributed by atoms with van der Waals surface area (Å²) in [4.78, 5) is 14.4. The van der Waals surface area contributed by atoms with Gasteiger partial charge in [0.1, 0.15) is 0 Å². The third kappa shape index (κ3) is 5.05. The number of carbonyl (C=O) groups is 1. The molecule has 2 unspecified atom stereocenters. The number of nitrogen functional groups attached to an aromatic ring is 1. The van der Waals surface area contributed by atoms with Crippen LogP contribution >= 0.6 is 0 Å². The van der Waals surface area contributed by atoms with E-state index in [-0.39, 0.29) is 11.8 Å². The predicted molar refractivity (Wildman–Crippen MR) is 87.1 cm³/mol. The summed E-state index contributed by atoms with van der Waals surface area (Å²) < 4.78 is 0. The molecule has 1 amide bonds. The van der Waals surface area contributed by atoms with Gasteiger partial charge in [0.2, 0.25) is 5.91 Å². The third-order valence-corrected chi connectivity index (χ3v) is 4.31. The molecule has 0 saturated carbocycles. The Balaban J connectivity index is 1.74. The molecule has 0 aliphatic carbocycles. The van der Waals surface area contributed by atoms with Crippen LogP contribution < -0.4 is 11.1 Å². The number of anilines is 1. The van der Waals surface area contributed by atoms with Gasteiger partial charge in [0.15, 0.2) is 0 Å². The molecular formula is C17H27N3O. The quantitative estimate of drug-likeness (QED) is 0.817. The van der Waals surface area contributed by atoms with Crippen LogP contribution in [0.5, 0.6) is 0 Å². The van der Waals surface area contributed by atoms with Gasteiger partial charge in [-0.25, -0.2) is 0 Å². The van der Waals surface area contributed by atoms with Crippen LogP contribution in [-0.4, -0.2) is 37.5 Å². The zero-order valence-corrected chi connectivity index (χ0v) is 13.1. The number of carbonyl (C=O) groups excluding carboxylic acids is 1. The number of nitrogens with one attached hydrogen (secondary N) is 1. The van der Waals surface area contributed by atoms with Crippen molar-refractivity contribution in [3.05, 3.63) is 29.8 Å². The Morgan fingerprint density at radius 3 is 2.81 bits per heavy atom. The number of nitrogens with two attached hydrogens (primary N) is 1. The topological polar surface area (TPSA) is 58.4 Å². The Morgan fingerprint density at radius 1 is 1.43 bits per heavy atom. The molecule has 0 aromatic heterocycles. The highest BCUT2D eigenvalue weighted by atomic mass is 16.1. The highest BCUT2D eigenvalue weighted by molar-refractivity contribution is 5.76. The molecule has 21 heavy (non-hydrogen) atoms. The highest BCUT2D eigenvalue weighted by Gasteiger charge is 2.18. The molecule has 0 bridgehead atoms. The van der Waals surface area contributed by atoms with Gasteiger partial charge in [-0.1, -0.05) is 19.1 Å². The number of nitrogens with zero attached hydrogens (tertiary/aromatic N) is 1. The molecule has 2 rings (SSSR count). The molecular weight excluding hydrogens is 262 g/mol. The van der Waals surface area contributed by atoms with Crippen molar-refractivity contribution in [3.8, 4) is 0 Å². The lowest BCUT2D eigenvalue weighted by molar-refractivity contribution is -0.121. The van der Waals surface area contributed by atoms with Crippen molar-refractivity contribution in [3.63, 3.8) is 0 Å². The van der Waals surface area contributed by atoms with Crippen LogP contribution in [0.25, 0.3) is 0 Å². The van der Waals surface area contributed by atoms with Crippen molar-refractivity contribution in [1.29, 1.82) is 0 Å². The maximum atomic E-state index is 12.1. The SMILES string of the molecule is CC(CC(=O)NCC1CCCN(C)C1)c1ccc(N)cc1. The first-order chi connectivity index (χ1) is 10.0. The second-order valence-corrected chi connectivity index (χ2v) is 6.35. The van der Waals surface area contributed by atoms with Gasteiger partial charge >= 0.3 is 0 Å². The molecule has 0 radical (unpaired) electrons. The number of rotatable bonds is 5. The first-order valence-corrected chi connectivity index (χ1v) is 7.85. The summed E-state index contributed by atoms with van der Waals surface area (Å²) in [7, 11) is 2.15. The Kier molecular flexibility index (Phi) is 5.62. The summed E-state index contributed by atoms with van der Waals surface area (Å²) in [6, 6.07) is 7.79. The van der Waals surface area contributed by atoms with Crippen molar-refractivity contribution in [1.82, 2.24) is 10.2 Å². The molecule has 1 heterocycles. The Labute approximate surface area is 127 Å². The zero-order chi connectivity index (χ0) is 15.2. The first kappa shape index (κ1) is 15.8. The molecule has 2 atom stereocenters. The summed E-state index contributed by atoms with van der Waals surface area (Å²) in [5.74, 6) is 0.965. The van der Waals surface area contributed by atoms with E-state index in [1.165, 1.54) is 19.4 Å². The Hall–Kier alpha value is -1.55. The van der Waals surface area contributed by atoms with Crippen LogP contribution in [0.2, 0.25) is 0 Å². The van der Waals surface area contributed by atoms with E-state index >= 15 is 0 Å². The van der Waals surface area contributed by atoms with Crippen molar-refractivity contribution in [2.75, 3.05) is 32.4 Å². The molecule has 1 aliphatic heterocycles. The minimum absolute atomic E-state index is 0.146. The molecule has 0 spiro atoms. The van der Waals surface area contributed by atoms with Gasteiger partial charge in [-0.05, 0) is 56.0 Å². The number of amides is 1. The molecule has 116 valence electrons. The molecule has 1 aromatic rings. The summed E-state index contributed by atoms with van der Waals surface area (Å²) in [6.07, 6.45) is 2.99. The van der Waals surface area contributed by atoms with Crippen LogP contribution in [-0.2, 0) is 4.79 Å². The fraction of sp³-hybridized carbons (Fsp3) is 0.588. The molecule has 1 saturated heterocycles. The molecule has 3 N–H and O–H groups in total. The van der Waals surface area contributed by atoms with Crippen LogP contribution in [0.3, 0.4) is 0 Å². The number of piperidine rings is 1. The van der Waals surface area contributed by atoms with Crippen LogP contribution in [0.1, 0.15) is 37.7 Å². The van der Waals surface area contributed by atoms with Crippen molar-refractivity contribution in [2.45, 2.75) is 32.1 Å². The van der Waals surface area contributed by atoms with Gasteiger partial charge in [0.05, 0.1) is 0 Å². The second-order valence-electron chi connectivity index (χ2n) is 6.35. The number of hydrogen-bond donors (Lipinski definition) is 2. The number of likely N-dealkylation sites (tertiary alicyclic amines) is 1. The minimum atomic E-state index is 0.146. The zero-order valence-electron chi connectivity index (χ0n) is 13.1. The van der Waals surface area contributed by atoms with E-state index in [0.717, 1.165) is 24.3 Å². The maximum absolute atomic E-state index is 12.1. The summed E-state index contributed by atoms with van der Waals surface area (Å²) in [5, 5.41) is 3.09. The third-order valence-electron chi connectivity index (χ3n) is 4.31. The van der Waals surface area contributed by atoms with E-state index in [1.807, 2.05) is 24.3 Å². The van der Waals surface area contributed by atoms with Crippen LogP contribution in [0, 0.1) is 5.92 Å². The lowest BCUT2D eigenvalue weighted by Crippen LogP contribution is -2.39. The number of hydrogen-bond acceptors (Lipinski definition) is 3. The Morgan fingerprint density at radius 2 is 2.14 bits per heavy atom. The van der Waals surface area contributed by atoms with Gasteiger partial charge in [0.25, 0.3) is 0 Å². The monoisotopic (exact) mass is 289 g/mol. The molecule has 1 aliphatic rings. The maximum Gasteiger partial charge on any atom is 0.220 e. The van der Waals surface area contributed by atoms with Gasteiger partial charge in [-0.3, -0.25) is 4.79 Å². The van der Waals surface area contributed by atoms with Crippen LogP contribution in [0.4, 0.5) is 5.69 Å². The average Bonchev–Trinajstić information content (AvgIpc) is 2.46. The van der Waals surface area contributed by atoms with E-state index in [0.29, 0.717) is 12.3 Å². The summed E-state index contributed by atoms with van der Waals surface area (Å²) in [5.41, 5.74) is 7.61. The van der Waals surface area contributed by atoms with E-state index in [2.05, 4.69) is 24.2 Å². The van der Waals surface area contributed by atoms with Gasteiger partial charge in [-0.15, -0.1) is 0 Å². The van der Waals surface area contributed by atoms with E-state index in [4.69, 9.17) is 5.73 Å². The highest BCUT2D eigenvalue weighted by Crippen LogP contribution is 2.20. The molecule has 1 aromatic carbocycles. The largest absolute Gasteiger partial charge is 0.399 e. The van der Waals surface area contributed by atoms with E-state index in [1.54, 1.807) is 0 Å². The predicted octanol–water partition coefficient (Wildman–Crippen LogP) is 2.22. The van der Waals surface area contributed by atoms with E-state index in [9.17, 15) is 4.79 Å². The molecule has 1 fully saturated rings. The average molecular weight is 289 g/mol. The Bertz CT molecular complexity index is 458. The minimum Gasteiger partial charge on any atom is -0.399 e. The lowest BCUT2D eigenvalue weighted by atomic mass is 9.96. The fourth-order valence-corrected chi connectivity index (χ4v) is 2.99. The van der Waals surface area contributed by atoms with Crippen molar-refractivity contribution < 1.29 is 4.79 Å². The fourth-order valence-electron chi connectivity index (χ4n) is 2.99. The van der Waals surface area contributed by atoms with Crippen LogP contribution in [0.15, 0.2) is 24.3 Å². The molecule has 4 heteroatoms. The first-order valence-electron chi connectivity index (χ1n) is 7.85. The summed E-state index contributed by atoms with van der Waals surface area (Å²) in [6.45, 7) is 5.16. The van der Waals surface area contributed by atoms with Gasteiger partial charge in [0, 0.05) is 25.2 Å². The smallest absolute Gasteiger partial charge is 0.220 e. The molecule has 4 nitrogen and oxygen atoms in total. The lowest BCUT2D eigenvalue weighted by Gasteiger charge is -2.29. The van der Waals surface area contributed by atoms with E-state index < -0.39 is 0 Å². The normalized spacial score (nSPS) is 21.0. The number of benzene rings is 1. The van der Waals surface area contributed by atoms with Crippen molar-refractivity contribution in [2.24, 2.45) is 5.92 Å². The van der Waals surface area contributed by atoms with Gasteiger partial charge < -0.3 is 16.0 Å². The van der Waals surface area contributed by atoms with Gasteiger partial charge in [-0.2, -0.15) is 0 Å². The summed E-state index contributed by atoms with van der Waals surface area (Å²) >= 11 is 0. The standard InChI is InChI=1S/C17H27N3O/c1-13(15-5-7-16(18)8-6-15)10-17(21)19-11-14-4-3-9-20(2)12-14/h5-8,13-14H,3-4,9-12,18H2,1-2H3,(H,19,21). The van der Waals surface area contributed by atoms with Crippen molar-refractivity contribution >= 4 is 11.6 Å².